The van der Waals surface area contributed by atoms with Crippen LogP contribution in [0, 0.1) is 5.82 Å². The van der Waals surface area contributed by atoms with Crippen molar-refractivity contribution in [2.75, 3.05) is 11.9 Å². The Balaban J connectivity index is 1.70. The van der Waals surface area contributed by atoms with E-state index in [1.165, 1.54) is 12.1 Å². The van der Waals surface area contributed by atoms with Gasteiger partial charge in [-0.3, -0.25) is 10.1 Å². The number of carbonyl (C=O) groups excluding carboxylic acids is 1. The molecule has 0 aliphatic rings. The largest absolute Gasteiger partial charge is 0.494 e. The van der Waals surface area contributed by atoms with E-state index in [0.717, 1.165) is 6.42 Å². The van der Waals surface area contributed by atoms with Crippen molar-refractivity contribution in [3.05, 3.63) is 66.0 Å². The van der Waals surface area contributed by atoms with Crippen LogP contribution in [0.2, 0.25) is 0 Å². The Morgan fingerprint density at radius 2 is 2.00 bits per heavy atom. The van der Waals surface area contributed by atoms with Gasteiger partial charge in [-0.1, -0.05) is 18.1 Å². The summed E-state index contributed by atoms with van der Waals surface area (Å²) >= 11 is 0. The standard InChI is InChI=1S/C19H17FN2O3/c1-2-10-24-16-5-3-4-14(11-16)19(23)21-18-12-17(22-25-18)13-6-8-15(20)9-7-13/h3-9,11-12H,2,10H2,1H3,(H,21,23). The molecule has 0 aliphatic carbocycles. The van der Waals surface area contributed by atoms with Gasteiger partial charge in [0.25, 0.3) is 5.91 Å². The molecule has 5 nitrogen and oxygen atoms in total. The molecule has 3 rings (SSSR count). The molecule has 0 unspecified atom stereocenters. The topological polar surface area (TPSA) is 64.4 Å². The van der Waals surface area contributed by atoms with Crippen LogP contribution in [0.1, 0.15) is 23.7 Å². The molecule has 0 bridgehead atoms. The van der Waals surface area contributed by atoms with Gasteiger partial charge < -0.3 is 9.26 Å². The minimum atomic E-state index is -0.330. The summed E-state index contributed by atoms with van der Waals surface area (Å²) in [6.07, 6.45) is 0.890. The average molecular weight is 340 g/mol. The number of hydrogen-bond donors (Lipinski definition) is 1. The molecule has 2 aromatic carbocycles. The van der Waals surface area contributed by atoms with Crippen LogP contribution in [-0.4, -0.2) is 17.7 Å². The van der Waals surface area contributed by atoms with Crippen molar-refractivity contribution in [1.29, 1.82) is 0 Å². The summed E-state index contributed by atoms with van der Waals surface area (Å²) < 4.78 is 23.6. The van der Waals surface area contributed by atoms with Crippen LogP contribution in [0.5, 0.6) is 5.75 Å². The fraction of sp³-hybridized carbons (Fsp3) is 0.158. The second-order valence-electron chi connectivity index (χ2n) is 5.41. The fourth-order valence-electron chi connectivity index (χ4n) is 2.22. The Bertz CT molecular complexity index is 859. The summed E-state index contributed by atoms with van der Waals surface area (Å²) in [6.45, 7) is 2.60. The maximum absolute atomic E-state index is 13.0. The van der Waals surface area contributed by atoms with Crippen LogP contribution in [0.15, 0.2) is 59.1 Å². The molecule has 3 aromatic rings. The summed E-state index contributed by atoms with van der Waals surface area (Å²) in [7, 11) is 0. The van der Waals surface area contributed by atoms with Gasteiger partial charge in [0.05, 0.1) is 6.61 Å². The van der Waals surface area contributed by atoms with E-state index in [0.29, 0.717) is 29.2 Å². The van der Waals surface area contributed by atoms with Crippen molar-refractivity contribution in [2.24, 2.45) is 0 Å². The number of benzene rings is 2. The summed E-state index contributed by atoms with van der Waals surface area (Å²) in [5, 5.41) is 6.53. The van der Waals surface area contributed by atoms with Crippen molar-refractivity contribution in [1.82, 2.24) is 5.16 Å². The van der Waals surface area contributed by atoms with Crippen LogP contribution in [0.25, 0.3) is 11.3 Å². The number of amides is 1. The third-order valence-corrected chi connectivity index (χ3v) is 3.46. The number of ether oxygens (including phenoxy) is 1. The summed E-state index contributed by atoms with van der Waals surface area (Å²) in [5.74, 6) is 0.193. The Hall–Kier alpha value is -3.15. The van der Waals surface area contributed by atoms with E-state index in [1.807, 2.05) is 6.92 Å². The second-order valence-corrected chi connectivity index (χ2v) is 5.41. The lowest BCUT2D eigenvalue weighted by Crippen LogP contribution is -2.11. The first-order valence-corrected chi connectivity index (χ1v) is 7.92. The maximum atomic E-state index is 13.0. The van der Waals surface area contributed by atoms with Gasteiger partial charge in [-0.25, -0.2) is 4.39 Å². The van der Waals surface area contributed by atoms with E-state index in [4.69, 9.17) is 9.26 Å². The van der Waals surface area contributed by atoms with Crippen molar-refractivity contribution >= 4 is 11.8 Å². The Morgan fingerprint density at radius 3 is 2.76 bits per heavy atom. The lowest BCUT2D eigenvalue weighted by molar-refractivity contribution is 0.102. The molecular formula is C19H17FN2O3. The smallest absolute Gasteiger partial charge is 0.258 e. The zero-order valence-electron chi connectivity index (χ0n) is 13.7. The molecule has 0 saturated heterocycles. The molecule has 0 aliphatic heterocycles. The maximum Gasteiger partial charge on any atom is 0.258 e. The quantitative estimate of drug-likeness (QED) is 0.716. The Labute approximate surface area is 144 Å². The number of rotatable bonds is 6. The second kappa shape index (κ2) is 7.61. The first-order chi connectivity index (χ1) is 12.2. The number of aromatic nitrogens is 1. The van der Waals surface area contributed by atoms with Gasteiger partial charge in [0.2, 0.25) is 5.88 Å². The van der Waals surface area contributed by atoms with E-state index in [1.54, 1.807) is 42.5 Å². The van der Waals surface area contributed by atoms with E-state index in [9.17, 15) is 9.18 Å². The van der Waals surface area contributed by atoms with E-state index < -0.39 is 0 Å². The van der Waals surface area contributed by atoms with Gasteiger partial charge >= 0.3 is 0 Å². The van der Waals surface area contributed by atoms with E-state index in [-0.39, 0.29) is 17.6 Å². The lowest BCUT2D eigenvalue weighted by atomic mass is 10.1. The van der Waals surface area contributed by atoms with Gasteiger partial charge in [-0.05, 0) is 48.9 Å². The summed E-state index contributed by atoms with van der Waals surface area (Å²) in [5.41, 5.74) is 1.66. The highest BCUT2D eigenvalue weighted by Crippen LogP contribution is 2.22. The lowest BCUT2D eigenvalue weighted by Gasteiger charge is -2.06. The monoisotopic (exact) mass is 340 g/mol. The number of anilines is 1. The number of carbonyl (C=O) groups is 1. The van der Waals surface area contributed by atoms with Crippen molar-refractivity contribution in [3.8, 4) is 17.0 Å². The van der Waals surface area contributed by atoms with Crippen molar-refractivity contribution in [2.45, 2.75) is 13.3 Å². The van der Waals surface area contributed by atoms with Gasteiger partial charge in [0.1, 0.15) is 17.3 Å². The third-order valence-electron chi connectivity index (χ3n) is 3.46. The third kappa shape index (κ3) is 4.23. The summed E-state index contributed by atoms with van der Waals surface area (Å²) in [6, 6.07) is 14.3. The van der Waals surface area contributed by atoms with Crippen LogP contribution < -0.4 is 10.1 Å². The molecule has 1 amide bonds. The van der Waals surface area contributed by atoms with Crippen molar-refractivity contribution in [3.63, 3.8) is 0 Å². The number of hydrogen-bond acceptors (Lipinski definition) is 4. The zero-order valence-corrected chi connectivity index (χ0v) is 13.7. The molecule has 0 saturated carbocycles. The van der Waals surface area contributed by atoms with Gasteiger partial charge in [-0.15, -0.1) is 0 Å². The molecule has 0 radical (unpaired) electrons. The van der Waals surface area contributed by atoms with Crippen LogP contribution in [0.4, 0.5) is 10.3 Å². The molecule has 0 spiro atoms. The SMILES string of the molecule is CCCOc1cccc(C(=O)Nc2cc(-c3ccc(F)cc3)no2)c1. The molecular weight excluding hydrogens is 323 g/mol. The Kier molecular flexibility index (Phi) is 5.09. The molecule has 1 aromatic heterocycles. The fourth-order valence-corrected chi connectivity index (χ4v) is 2.22. The Morgan fingerprint density at radius 1 is 1.20 bits per heavy atom. The number of halogens is 1. The number of nitrogens with one attached hydrogen (secondary N) is 1. The average Bonchev–Trinajstić information content (AvgIpc) is 3.09. The highest BCUT2D eigenvalue weighted by molar-refractivity contribution is 6.03. The molecule has 6 heteroatoms. The molecule has 25 heavy (non-hydrogen) atoms. The molecule has 0 fully saturated rings. The predicted molar refractivity (Wildman–Crippen MR) is 92.1 cm³/mol. The van der Waals surface area contributed by atoms with Gasteiger partial charge in [0, 0.05) is 17.2 Å². The summed E-state index contributed by atoms with van der Waals surface area (Å²) in [4.78, 5) is 12.3. The molecule has 1 N–H and O–H groups in total. The first kappa shape index (κ1) is 16.7. The van der Waals surface area contributed by atoms with Gasteiger partial charge in [-0.2, -0.15) is 0 Å². The highest BCUT2D eigenvalue weighted by atomic mass is 19.1. The minimum absolute atomic E-state index is 0.212. The minimum Gasteiger partial charge on any atom is -0.494 e. The normalized spacial score (nSPS) is 10.5. The molecule has 1 heterocycles. The van der Waals surface area contributed by atoms with Crippen LogP contribution in [-0.2, 0) is 0 Å². The molecule has 0 atom stereocenters. The number of nitrogens with zero attached hydrogens (tertiary/aromatic N) is 1. The zero-order chi connectivity index (χ0) is 17.6. The predicted octanol–water partition coefficient (Wildman–Crippen LogP) is 4.52. The van der Waals surface area contributed by atoms with E-state index >= 15 is 0 Å². The highest BCUT2D eigenvalue weighted by Gasteiger charge is 2.12. The van der Waals surface area contributed by atoms with E-state index in [2.05, 4.69) is 10.5 Å². The van der Waals surface area contributed by atoms with Gasteiger partial charge in [0.15, 0.2) is 0 Å². The first-order valence-electron chi connectivity index (χ1n) is 7.92. The van der Waals surface area contributed by atoms with Crippen LogP contribution >= 0.6 is 0 Å². The van der Waals surface area contributed by atoms with Crippen molar-refractivity contribution < 1.29 is 18.4 Å². The van der Waals surface area contributed by atoms with Crippen LogP contribution in [0.3, 0.4) is 0 Å². The molecule has 128 valence electrons.